The summed E-state index contributed by atoms with van der Waals surface area (Å²) in [6, 6.07) is 0. The fourth-order valence-electron chi connectivity index (χ4n) is 2.86. The Morgan fingerprint density at radius 3 is 2.57 bits per heavy atom. The quantitative estimate of drug-likeness (QED) is 0.747. The molecule has 0 bridgehead atoms. The molecule has 0 aliphatic carbocycles. The van der Waals surface area contributed by atoms with E-state index >= 15 is 0 Å². The molecule has 4 heteroatoms. The highest BCUT2D eigenvalue weighted by Crippen LogP contribution is 2.25. The van der Waals surface area contributed by atoms with Crippen LogP contribution in [0.25, 0.3) is 0 Å². The summed E-state index contributed by atoms with van der Waals surface area (Å²) in [5.41, 5.74) is -0.218. The molecular formula is C17H28N2O2. The molecule has 1 amide bonds. The number of ether oxygens (including phenoxy) is 1. The first-order valence-electron chi connectivity index (χ1n) is 7.75. The van der Waals surface area contributed by atoms with Crippen molar-refractivity contribution >= 4 is 5.91 Å². The molecular weight excluding hydrogens is 264 g/mol. The largest absolute Gasteiger partial charge is 0.357 e. The van der Waals surface area contributed by atoms with Crippen molar-refractivity contribution in [2.75, 3.05) is 19.7 Å². The lowest BCUT2D eigenvalue weighted by atomic mass is 10.0. The maximum Gasteiger partial charge on any atom is 0.246 e. The van der Waals surface area contributed by atoms with Gasteiger partial charge in [-0.15, -0.1) is 0 Å². The molecule has 0 aromatic rings. The van der Waals surface area contributed by atoms with Crippen LogP contribution in [0.1, 0.15) is 41.0 Å². The lowest BCUT2D eigenvalue weighted by Gasteiger charge is -2.42. The Morgan fingerprint density at radius 1 is 1.24 bits per heavy atom. The van der Waals surface area contributed by atoms with Gasteiger partial charge in [0.25, 0.3) is 0 Å². The van der Waals surface area contributed by atoms with E-state index < -0.39 is 0 Å². The van der Waals surface area contributed by atoms with Crippen LogP contribution in [0.5, 0.6) is 0 Å². The van der Waals surface area contributed by atoms with Crippen LogP contribution in [0.15, 0.2) is 24.3 Å². The second-order valence-electron chi connectivity index (χ2n) is 7.45. The zero-order valence-corrected chi connectivity index (χ0v) is 13.9. The highest BCUT2D eigenvalue weighted by molar-refractivity contribution is 5.88. The van der Waals surface area contributed by atoms with Crippen molar-refractivity contribution in [1.29, 1.82) is 0 Å². The summed E-state index contributed by atoms with van der Waals surface area (Å²) in [6.45, 7) is 13.0. The van der Waals surface area contributed by atoms with Crippen LogP contribution in [-0.4, -0.2) is 52.7 Å². The predicted octanol–water partition coefficient (Wildman–Crippen LogP) is 2.57. The van der Waals surface area contributed by atoms with Gasteiger partial charge in [-0.1, -0.05) is 12.2 Å². The number of hydrogen-bond donors (Lipinski definition) is 0. The fourth-order valence-corrected chi connectivity index (χ4v) is 2.86. The number of amides is 1. The van der Waals surface area contributed by atoms with Gasteiger partial charge in [0, 0.05) is 18.6 Å². The normalized spacial score (nSPS) is 24.1. The maximum atomic E-state index is 12.0. The molecule has 0 saturated carbocycles. The Balaban J connectivity index is 1.96. The molecule has 0 aromatic heterocycles. The molecule has 2 heterocycles. The summed E-state index contributed by atoms with van der Waals surface area (Å²) in [5, 5.41) is 0. The lowest BCUT2D eigenvalue weighted by molar-refractivity contribution is -0.138. The van der Waals surface area contributed by atoms with Crippen molar-refractivity contribution in [3.63, 3.8) is 0 Å². The van der Waals surface area contributed by atoms with Gasteiger partial charge in [0.2, 0.25) is 5.91 Å². The maximum absolute atomic E-state index is 12.0. The fraction of sp³-hybridized carbons (Fsp3) is 0.706. The Hall–Kier alpha value is -1.13. The van der Waals surface area contributed by atoms with Crippen LogP contribution in [0.2, 0.25) is 0 Å². The molecule has 4 nitrogen and oxygen atoms in total. The number of nitrogens with zero attached hydrogens (tertiary/aromatic N) is 2. The molecule has 0 fully saturated rings. The number of rotatable bonds is 4. The van der Waals surface area contributed by atoms with Gasteiger partial charge in [-0.2, -0.15) is 0 Å². The minimum Gasteiger partial charge on any atom is -0.357 e. The molecule has 2 aliphatic heterocycles. The van der Waals surface area contributed by atoms with E-state index in [9.17, 15) is 4.79 Å². The van der Waals surface area contributed by atoms with Gasteiger partial charge < -0.3 is 9.64 Å². The van der Waals surface area contributed by atoms with Gasteiger partial charge in [0.05, 0.1) is 12.1 Å². The molecule has 0 spiro atoms. The van der Waals surface area contributed by atoms with Crippen LogP contribution in [0.3, 0.4) is 0 Å². The Morgan fingerprint density at radius 2 is 1.95 bits per heavy atom. The summed E-state index contributed by atoms with van der Waals surface area (Å²) in [5.74, 6) is 0.0875. The van der Waals surface area contributed by atoms with Gasteiger partial charge in [-0.3, -0.25) is 9.69 Å². The molecule has 0 radical (unpaired) electrons. The molecule has 0 aromatic carbocycles. The number of carbonyl (C=O) groups excluding carboxylic acids is 1. The third-order valence-electron chi connectivity index (χ3n) is 4.16. The third kappa shape index (κ3) is 3.74. The van der Waals surface area contributed by atoms with E-state index in [4.69, 9.17) is 4.74 Å². The highest BCUT2D eigenvalue weighted by atomic mass is 16.5. The first kappa shape index (κ1) is 16.2. The van der Waals surface area contributed by atoms with Crippen molar-refractivity contribution in [1.82, 2.24) is 9.80 Å². The van der Waals surface area contributed by atoms with Crippen LogP contribution >= 0.6 is 0 Å². The summed E-state index contributed by atoms with van der Waals surface area (Å²) in [6.07, 6.45) is 8.79. The Labute approximate surface area is 128 Å². The third-order valence-corrected chi connectivity index (χ3v) is 4.16. The van der Waals surface area contributed by atoms with E-state index in [1.807, 2.05) is 11.0 Å². The minimum atomic E-state index is -0.290. The van der Waals surface area contributed by atoms with Gasteiger partial charge in [-0.25, -0.2) is 0 Å². The van der Waals surface area contributed by atoms with E-state index in [1.165, 1.54) is 0 Å². The molecule has 0 N–H and O–H groups in total. The summed E-state index contributed by atoms with van der Waals surface area (Å²) in [4.78, 5) is 16.3. The van der Waals surface area contributed by atoms with E-state index in [0.29, 0.717) is 6.61 Å². The molecule has 1 atom stereocenters. The number of carbonyl (C=O) groups is 1. The molecule has 21 heavy (non-hydrogen) atoms. The summed E-state index contributed by atoms with van der Waals surface area (Å²) < 4.78 is 6.13. The highest BCUT2D eigenvalue weighted by Gasteiger charge is 2.35. The first-order chi connectivity index (χ1) is 9.72. The standard InChI is InChI=1S/C17H28N2O2/c1-16(2,3)19-12-8-10-15(19)21-13-17(4,5)18-11-7-6-9-14(18)20/h6,8-10,15H,7,11-13H2,1-5H3/t15-/m1/s1. The molecule has 0 unspecified atom stereocenters. The molecule has 2 rings (SSSR count). The van der Waals surface area contributed by atoms with Crippen molar-refractivity contribution in [2.45, 2.75) is 58.3 Å². The van der Waals surface area contributed by atoms with E-state index in [1.54, 1.807) is 6.08 Å². The van der Waals surface area contributed by atoms with E-state index in [-0.39, 0.29) is 23.2 Å². The van der Waals surface area contributed by atoms with Crippen molar-refractivity contribution < 1.29 is 9.53 Å². The second kappa shape index (κ2) is 5.93. The summed E-state index contributed by atoms with van der Waals surface area (Å²) in [7, 11) is 0. The van der Waals surface area contributed by atoms with Crippen LogP contribution in [-0.2, 0) is 9.53 Å². The molecule has 0 saturated heterocycles. The zero-order valence-electron chi connectivity index (χ0n) is 13.9. The smallest absolute Gasteiger partial charge is 0.246 e. The summed E-state index contributed by atoms with van der Waals surface area (Å²) >= 11 is 0. The average Bonchev–Trinajstić information content (AvgIpc) is 2.85. The lowest BCUT2D eigenvalue weighted by Crippen LogP contribution is -2.53. The van der Waals surface area contributed by atoms with Gasteiger partial charge in [-0.05, 0) is 53.2 Å². The molecule has 2 aliphatic rings. The second-order valence-corrected chi connectivity index (χ2v) is 7.45. The van der Waals surface area contributed by atoms with Crippen molar-refractivity contribution in [2.24, 2.45) is 0 Å². The monoisotopic (exact) mass is 292 g/mol. The van der Waals surface area contributed by atoms with E-state index in [2.05, 4.69) is 51.7 Å². The van der Waals surface area contributed by atoms with Crippen LogP contribution < -0.4 is 0 Å². The van der Waals surface area contributed by atoms with Crippen LogP contribution in [0, 0.1) is 0 Å². The first-order valence-corrected chi connectivity index (χ1v) is 7.75. The topological polar surface area (TPSA) is 32.8 Å². The average molecular weight is 292 g/mol. The van der Waals surface area contributed by atoms with Crippen LogP contribution in [0.4, 0.5) is 0 Å². The number of hydrogen-bond acceptors (Lipinski definition) is 3. The Bertz CT molecular complexity index is 446. The Kier molecular flexibility index (Phi) is 4.59. The van der Waals surface area contributed by atoms with Gasteiger partial charge >= 0.3 is 0 Å². The molecule has 118 valence electrons. The van der Waals surface area contributed by atoms with Gasteiger partial charge in [0.1, 0.15) is 6.23 Å². The minimum absolute atomic E-state index is 0.000269. The SMILES string of the molecule is CC(C)(C)N1CC=C[C@H]1OCC(C)(C)N1CCC=CC1=O. The van der Waals surface area contributed by atoms with E-state index in [0.717, 1.165) is 19.5 Å². The van der Waals surface area contributed by atoms with Gasteiger partial charge in [0.15, 0.2) is 0 Å². The zero-order chi connectivity index (χ0) is 15.7. The van der Waals surface area contributed by atoms with Crippen molar-refractivity contribution in [3.8, 4) is 0 Å². The van der Waals surface area contributed by atoms with Crippen molar-refractivity contribution in [3.05, 3.63) is 24.3 Å². The predicted molar refractivity (Wildman–Crippen MR) is 84.9 cm³/mol.